The van der Waals surface area contributed by atoms with E-state index in [0.29, 0.717) is 5.75 Å². The number of nitrogens with one attached hydrogen (secondary N) is 1. The Morgan fingerprint density at radius 3 is 2.46 bits per heavy atom. The lowest BCUT2D eigenvalue weighted by Crippen LogP contribution is -2.47. The summed E-state index contributed by atoms with van der Waals surface area (Å²) in [5, 5.41) is 3.07. The summed E-state index contributed by atoms with van der Waals surface area (Å²) in [4.78, 5) is 14.7. The zero-order valence-electron chi connectivity index (χ0n) is 15.0. The molecule has 1 aliphatic heterocycles. The highest BCUT2D eigenvalue weighted by atomic mass is 19.1. The third-order valence-corrected chi connectivity index (χ3v) is 4.68. The van der Waals surface area contributed by atoms with Gasteiger partial charge in [-0.2, -0.15) is 0 Å². The van der Waals surface area contributed by atoms with Crippen molar-refractivity contribution in [2.75, 3.05) is 13.1 Å². The number of nitrogens with zero attached hydrogens (tertiary/aromatic N) is 1. The smallest absolute Gasteiger partial charge is 0.260 e. The van der Waals surface area contributed by atoms with Gasteiger partial charge in [-0.3, -0.25) is 9.69 Å². The van der Waals surface area contributed by atoms with Crippen molar-refractivity contribution in [2.45, 2.75) is 38.5 Å². The highest BCUT2D eigenvalue weighted by molar-refractivity contribution is 5.81. The number of piperidine rings is 1. The zero-order chi connectivity index (χ0) is 18.4. The molecule has 0 aromatic heterocycles. The lowest BCUT2D eigenvalue weighted by Gasteiger charge is -2.32. The molecule has 1 aliphatic rings. The van der Waals surface area contributed by atoms with E-state index in [-0.39, 0.29) is 17.8 Å². The van der Waals surface area contributed by atoms with E-state index in [9.17, 15) is 9.18 Å². The fourth-order valence-electron chi connectivity index (χ4n) is 3.17. The Labute approximate surface area is 154 Å². The van der Waals surface area contributed by atoms with E-state index in [1.807, 2.05) is 6.07 Å². The summed E-state index contributed by atoms with van der Waals surface area (Å²) in [7, 11) is 0. The van der Waals surface area contributed by atoms with E-state index in [0.717, 1.165) is 32.5 Å². The first-order chi connectivity index (χ1) is 12.6. The minimum absolute atomic E-state index is 0.129. The van der Waals surface area contributed by atoms with Gasteiger partial charge in [-0.1, -0.05) is 30.3 Å². The van der Waals surface area contributed by atoms with Crippen molar-refractivity contribution in [3.05, 3.63) is 66.0 Å². The third-order valence-electron chi connectivity index (χ3n) is 4.68. The molecule has 5 heteroatoms. The van der Waals surface area contributed by atoms with Crippen LogP contribution < -0.4 is 10.1 Å². The van der Waals surface area contributed by atoms with Crippen LogP contribution in [0.3, 0.4) is 0 Å². The van der Waals surface area contributed by atoms with Gasteiger partial charge in [-0.05, 0) is 49.6 Å². The molecule has 3 rings (SSSR count). The van der Waals surface area contributed by atoms with E-state index in [2.05, 4.69) is 34.5 Å². The number of rotatable bonds is 6. The number of amides is 1. The molecule has 2 aromatic carbocycles. The number of hydrogen-bond acceptors (Lipinski definition) is 3. The Morgan fingerprint density at radius 2 is 1.81 bits per heavy atom. The molecule has 1 amide bonds. The van der Waals surface area contributed by atoms with Crippen LogP contribution >= 0.6 is 0 Å². The molecule has 2 aromatic rings. The Kier molecular flexibility index (Phi) is 6.23. The molecule has 1 saturated heterocycles. The number of likely N-dealkylation sites (tertiary alicyclic amines) is 1. The summed E-state index contributed by atoms with van der Waals surface area (Å²) in [6.45, 7) is 4.59. The van der Waals surface area contributed by atoms with Crippen LogP contribution in [0.25, 0.3) is 0 Å². The second kappa shape index (κ2) is 8.81. The molecule has 1 heterocycles. The molecule has 0 spiro atoms. The Morgan fingerprint density at radius 1 is 1.15 bits per heavy atom. The SMILES string of the molecule is CC(Oc1ccc(F)cc1)C(=O)NC1CCN(Cc2ccccc2)CC1. The number of halogens is 1. The van der Waals surface area contributed by atoms with Crippen molar-refractivity contribution in [2.24, 2.45) is 0 Å². The lowest BCUT2D eigenvalue weighted by atomic mass is 10.0. The van der Waals surface area contributed by atoms with Gasteiger partial charge in [0.25, 0.3) is 5.91 Å². The molecule has 1 fully saturated rings. The maximum Gasteiger partial charge on any atom is 0.260 e. The molecule has 1 atom stereocenters. The van der Waals surface area contributed by atoms with Gasteiger partial charge in [0.1, 0.15) is 11.6 Å². The van der Waals surface area contributed by atoms with Crippen LogP contribution in [0.5, 0.6) is 5.75 Å². The van der Waals surface area contributed by atoms with Crippen molar-refractivity contribution in [1.29, 1.82) is 0 Å². The van der Waals surface area contributed by atoms with E-state index in [1.54, 1.807) is 6.92 Å². The first-order valence-electron chi connectivity index (χ1n) is 9.09. The highest BCUT2D eigenvalue weighted by Crippen LogP contribution is 2.16. The van der Waals surface area contributed by atoms with Gasteiger partial charge in [0, 0.05) is 25.7 Å². The second-order valence-corrected chi connectivity index (χ2v) is 6.76. The second-order valence-electron chi connectivity index (χ2n) is 6.76. The van der Waals surface area contributed by atoms with Crippen LogP contribution in [0.1, 0.15) is 25.3 Å². The molecule has 0 bridgehead atoms. The molecule has 4 nitrogen and oxygen atoms in total. The first-order valence-corrected chi connectivity index (χ1v) is 9.09. The standard InChI is InChI=1S/C21H25FN2O2/c1-16(26-20-9-7-18(22)8-10-20)21(25)23-19-11-13-24(14-12-19)15-17-5-3-2-4-6-17/h2-10,16,19H,11-15H2,1H3,(H,23,25). The number of carbonyl (C=O) groups is 1. The fraction of sp³-hybridized carbons (Fsp3) is 0.381. The zero-order valence-corrected chi connectivity index (χ0v) is 15.0. The normalized spacial score (nSPS) is 16.8. The Bertz CT molecular complexity index is 698. The van der Waals surface area contributed by atoms with Crippen molar-refractivity contribution < 1.29 is 13.9 Å². The third kappa shape index (κ3) is 5.30. The van der Waals surface area contributed by atoms with Gasteiger partial charge in [-0.15, -0.1) is 0 Å². The number of hydrogen-bond donors (Lipinski definition) is 1. The van der Waals surface area contributed by atoms with Gasteiger partial charge in [0.05, 0.1) is 0 Å². The average molecular weight is 356 g/mol. The van der Waals surface area contributed by atoms with Gasteiger partial charge in [-0.25, -0.2) is 4.39 Å². The van der Waals surface area contributed by atoms with Gasteiger partial charge >= 0.3 is 0 Å². The monoisotopic (exact) mass is 356 g/mol. The molecular weight excluding hydrogens is 331 g/mol. The minimum Gasteiger partial charge on any atom is -0.481 e. The van der Waals surface area contributed by atoms with E-state index in [1.165, 1.54) is 29.8 Å². The topological polar surface area (TPSA) is 41.6 Å². The average Bonchev–Trinajstić information content (AvgIpc) is 2.66. The first kappa shape index (κ1) is 18.4. The summed E-state index contributed by atoms with van der Waals surface area (Å²) in [5.74, 6) is 0.0410. The number of ether oxygens (including phenoxy) is 1. The van der Waals surface area contributed by atoms with Crippen LogP contribution in [0, 0.1) is 5.82 Å². The van der Waals surface area contributed by atoms with Crippen LogP contribution in [0.2, 0.25) is 0 Å². The summed E-state index contributed by atoms with van der Waals surface area (Å²) in [6.07, 6.45) is 1.26. The Balaban J connectivity index is 1.42. The predicted octanol–water partition coefficient (Wildman–Crippen LogP) is 3.37. The summed E-state index contributed by atoms with van der Waals surface area (Å²) in [6, 6.07) is 16.3. The largest absolute Gasteiger partial charge is 0.481 e. The van der Waals surface area contributed by atoms with E-state index >= 15 is 0 Å². The lowest BCUT2D eigenvalue weighted by molar-refractivity contribution is -0.128. The van der Waals surface area contributed by atoms with Crippen LogP contribution in [-0.2, 0) is 11.3 Å². The quantitative estimate of drug-likeness (QED) is 0.863. The number of benzene rings is 2. The number of carbonyl (C=O) groups excluding carboxylic acids is 1. The van der Waals surface area contributed by atoms with Gasteiger partial charge in [0.2, 0.25) is 0 Å². The van der Waals surface area contributed by atoms with Crippen LogP contribution in [0.15, 0.2) is 54.6 Å². The summed E-state index contributed by atoms with van der Waals surface area (Å²) < 4.78 is 18.5. The van der Waals surface area contributed by atoms with E-state index < -0.39 is 6.10 Å². The van der Waals surface area contributed by atoms with Crippen molar-refractivity contribution in [3.63, 3.8) is 0 Å². The Hall–Kier alpha value is -2.40. The molecule has 1 N–H and O–H groups in total. The molecule has 138 valence electrons. The van der Waals surface area contributed by atoms with Crippen LogP contribution in [-0.4, -0.2) is 36.0 Å². The molecule has 0 saturated carbocycles. The maximum atomic E-state index is 12.9. The molecule has 26 heavy (non-hydrogen) atoms. The summed E-state index contributed by atoms with van der Waals surface area (Å²) in [5.41, 5.74) is 1.32. The predicted molar refractivity (Wildman–Crippen MR) is 99.4 cm³/mol. The summed E-state index contributed by atoms with van der Waals surface area (Å²) >= 11 is 0. The fourth-order valence-corrected chi connectivity index (χ4v) is 3.17. The molecule has 1 unspecified atom stereocenters. The molecule has 0 radical (unpaired) electrons. The highest BCUT2D eigenvalue weighted by Gasteiger charge is 2.23. The minimum atomic E-state index is -0.609. The molecular formula is C21H25FN2O2. The van der Waals surface area contributed by atoms with Gasteiger partial charge < -0.3 is 10.1 Å². The van der Waals surface area contributed by atoms with Crippen molar-refractivity contribution in [3.8, 4) is 5.75 Å². The van der Waals surface area contributed by atoms with Gasteiger partial charge in [0.15, 0.2) is 6.10 Å². The maximum absolute atomic E-state index is 12.9. The molecule has 0 aliphatic carbocycles. The van der Waals surface area contributed by atoms with E-state index in [4.69, 9.17) is 4.74 Å². The van der Waals surface area contributed by atoms with Crippen LogP contribution in [0.4, 0.5) is 4.39 Å². The van der Waals surface area contributed by atoms with Crippen molar-refractivity contribution >= 4 is 5.91 Å². The van der Waals surface area contributed by atoms with Crippen molar-refractivity contribution in [1.82, 2.24) is 10.2 Å².